The third kappa shape index (κ3) is 1.74. The van der Waals surface area contributed by atoms with E-state index in [1.807, 2.05) is 37.3 Å². The van der Waals surface area contributed by atoms with Gasteiger partial charge in [0, 0.05) is 16.5 Å². The number of H-pyrrole nitrogens is 1. The largest absolute Gasteiger partial charge is 0.504 e. The molecule has 0 aliphatic rings. The van der Waals surface area contributed by atoms with Crippen molar-refractivity contribution in [2.45, 2.75) is 13.8 Å². The molecule has 0 radical (unpaired) electrons. The van der Waals surface area contributed by atoms with Crippen LogP contribution in [-0.4, -0.2) is 17.2 Å². The van der Waals surface area contributed by atoms with Crippen molar-refractivity contribution in [3.63, 3.8) is 0 Å². The van der Waals surface area contributed by atoms with Gasteiger partial charge in [0.1, 0.15) is 0 Å². The minimum absolute atomic E-state index is 0.183. The Balaban J connectivity index is 2.29. The van der Waals surface area contributed by atoms with E-state index in [0.717, 1.165) is 27.9 Å². The molecule has 3 nitrogen and oxygen atoms in total. The molecular weight excluding hydrogens is 250 g/mol. The van der Waals surface area contributed by atoms with Gasteiger partial charge in [-0.2, -0.15) is 0 Å². The van der Waals surface area contributed by atoms with Gasteiger partial charge in [0.2, 0.25) is 0 Å². The fourth-order valence-electron chi connectivity index (χ4n) is 2.68. The molecule has 0 amide bonds. The number of hydrogen-bond acceptors (Lipinski definition) is 2. The van der Waals surface area contributed by atoms with Crippen molar-refractivity contribution >= 4 is 10.9 Å². The number of rotatable bonds is 2. The van der Waals surface area contributed by atoms with Crippen LogP contribution in [0.2, 0.25) is 0 Å². The van der Waals surface area contributed by atoms with Gasteiger partial charge in [-0.15, -0.1) is 0 Å². The lowest BCUT2D eigenvalue weighted by molar-refractivity contribution is 0.372. The van der Waals surface area contributed by atoms with E-state index in [-0.39, 0.29) is 5.75 Å². The molecule has 2 N–H and O–H groups in total. The van der Waals surface area contributed by atoms with Crippen LogP contribution in [0.1, 0.15) is 11.1 Å². The second-order valence-corrected chi connectivity index (χ2v) is 4.98. The first-order valence-electron chi connectivity index (χ1n) is 6.57. The molecule has 1 heterocycles. The molecule has 0 aliphatic heterocycles. The molecule has 2 aromatic carbocycles. The van der Waals surface area contributed by atoms with Crippen LogP contribution in [0.15, 0.2) is 36.4 Å². The van der Waals surface area contributed by atoms with Crippen LogP contribution in [0, 0.1) is 13.8 Å². The number of phenolic OH excluding ortho intramolecular Hbond substituents is 1. The van der Waals surface area contributed by atoms with Crippen molar-refractivity contribution < 1.29 is 9.84 Å². The molecule has 0 spiro atoms. The molecule has 0 unspecified atom stereocenters. The smallest absolute Gasteiger partial charge is 0.167 e. The van der Waals surface area contributed by atoms with Crippen LogP contribution >= 0.6 is 0 Å². The van der Waals surface area contributed by atoms with Gasteiger partial charge in [0.25, 0.3) is 0 Å². The minimum atomic E-state index is 0.183. The number of aryl methyl sites for hydroxylation is 2. The maximum atomic E-state index is 10.4. The lowest BCUT2D eigenvalue weighted by Crippen LogP contribution is -1.91. The van der Waals surface area contributed by atoms with E-state index in [4.69, 9.17) is 4.74 Å². The summed E-state index contributed by atoms with van der Waals surface area (Å²) >= 11 is 0. The quantitative estimate of drug-likeness (QED) is 0.732. The fourth-order valence-corrected chi connectivity index (χ4v) is 2.68. The second kappa shape index (κ2) is 4.60. The minimum Gasteiger partial charge on any atom is -0.504 e. The number of nitrogens with one attached hydrogen (secondary N) is 1. The third-order valence-corrected chi connectivity index (χ3v) is 3.77. The predicted octanol–water partition coefficient (Wildman–Crippen LogP) is 4.17. The Labute approximate surface area is 117 Å². The number of ether oxygens (including phenoxy) is 1. The Bertz CT molecular complexity index is 787. The first-order chi connectivity index (χ1) is 9.63. The predicted molar refractivity (Wildman–Crippen MR) is 81.4 cm³/mol. The van der Waals surface area contributed by atoms with Crippen LogP contribution in [0.5, 0.6) is 11.5 Å². The van der Waals surface area contributed by atoms with Crippen molar-refractivity contribution in [3.8, 4) is 22.8 Å². The molecule has 3 heteroatoms. The van der Waals surface area contributed by atoms with Crippen LogP contribution in [-0.2, 0) is 0 Å². The monoisotopic (exact) mass is 267 g/mol. The first kappa shape index (κ1) is 12.6. The summed E-state index contributed by atoms with van der Waals surface area (Å²) in [4.78, 5) is 3.38. The Morgan fingerprint density at radius 1 is 1.05 bits per heavy atom. The number of fused-ring (bicyclic) bond motifs is 1. The Hall–Kier alpha value is -2.42. The highest BCUT2D eigenvalue weighted by Gasteiger charge is 2.16. The molecule has 3 aromatic rings. The number of aromatic amines is 1. The number of methoxy groups -OCH3 is 1. The number of hydrogen-bond donors (Lipinski definition) is 2. The van der Waals surface area contributed by atoms with E-state index in [9.17, 15) is 5.11 Å². The first-order valence-corrected chi connectivity index (χ1v) is 6.57. The van der Waals surface area contributed by atoms with Crippen LogP contribution < -0.4 is 4.74 Å². The summed E-state index contributed by atoms with van der Waals surface area (Å²) in [5, 5.41) is 11.6. The van der Waals surface area contributed by atoms with Crippen molar-refractivity contribution in [1.29, 1.82) is 0 Å². The average Bonchev–Trinajstić information content (AvgIpc) is 2.77. The zero-order valence-corrected chi connectivity index (χ0v) is 11.8. The number of para-hydroxylation sites is 1. The molecule has 0 fully saturated rings. The van der Waals surface area contributed by atoms with Gasteiger partial charge < -0.3 is 14.8 Å². The highest BCUT2D eigenvalue weighted by Crippen LogP contribution is 2.41. The molecule has 0 aliphatic carbocycles. The summed E-state index contributed by atoms with van der Waals surface area (Å²) in [6.45, 7) is 3.97. The zero-order valence-electron chi connectivity index (χ0n) is 11.8. The van der Waals surface area contributed by atoms with Gasteiger partial charge in [-0.1, -0.05) is 24.3 Å². The highest BCUT2D eigenvalue weighted by atomic mass is 16.5. The molecular formula is C17H17NO2. The lowest BCUT2D eigenvalue weighted by Gasteiger charge is -2.11. The molecule has 102 valence electrons. The molecule has 0 saturated carbocycles. The van der Waals surface area contributed by atoms with Gasteiger partial charge >= 0.3 is 0 Å². The van der Waals surface area contributed by atoms with E-state index in [0.29, 0.717) is 5.75 Å². The van der Waals surface area contributed by atoms with Crippen molar-refractivity contribution in [1.82, 2.24) is 4.98 Å². The summed E-state index contributed by atoms with van der Waals surface area (Å²) < 4.78 is 5.29. The summed E-state index contributed by atoms with van der Waals surface area (Å²) in [5.41, 5.74) is 4.81. The zero-order chi connectivity index (χ0) is 14.3. The molecule has 20 heavy (non-hydrogen) atoms. The topological polar surface area (TPSA) is 45.2 Å². The SMILES string of the molecule is COc1c(C)ccc(-c2[nH]c3ccccc3c2C)c1O. The molecule has 0 bridgehead atoms. The Kier molecular flexibility index (Phi) is 2.90. The number of phenols is 1. The van der Waals surface area contributed by atoms with E-state index in [1.54, 1.807) is 7.11 Å². The van der Waals surface area contributed by atoms with Crippen molar-refractivity contribution in [2.75, 3.05) is 7.11 Å². The summed E-state index contributed by atoms with van der Waals surface area (Å²) in [7, 11) is 1.57. The molecule has 0 saturated heterocycles. The normalized spacial score (nSPS) is 10.9. The maximum absolute atomic E-state index is 10.4. The number of aromatic hydroxyl groups is 1. The van der Waals surface area contributed by atoms with Crippen LogP contribution in [0.25, 0.3) is 22.2 Å². The third-order valence-electron chi connectivity index (χ3n) is 3.77. The fraction of sp³-hybridized carbons (Fsp3) is 0.176. The van der Waals surface area contributed by atoms with Crippen molar-refractivity contribution in [3.05, 3.63) is 47.5 Å². The summed E-state index contributed by atoms with van der Waals surface area (Å²) in [5.74, 6) is 0.711. The van der Waals surface area contributed by atoms with E-state index in [1.165, 1.54) is 5.39 Å². The van der Waals surface area contributed by atoms with Crippen molar-refractivity contribution in [2.24, 2.45) is 0 Å². The van der Waals surface area contributed by atoms with Crippen LogP contribution in [0.4, 0.5) is 0 Å². The van der Waals surface area contributed by atoms with Gasteiger partial charge in [-0.05, 0) is 37.1 Å². The molecule has 3 rings (SSSR count). The van der Waals surface area contributed by atoms with E-state index < -0.39 is 0 Å². The average molecular weight is 267 g/mol. The lowest BCUT2D eigenvalue weighted by atomic mass is 10.0. The van der Waals surface area contributed by atoms with Gasteiger partial charge in [-0.3, -0.25) is 0 Å². The molecule has 1 aromatic heterocycles. The van der Waals surface area contributed by atoms with Gasteiger partial charge in [0.15, 0.2) is 11.5 Å². The Morgan fingerprint density at radius 2 is 1.80 bits per heavy atom. The second-order valence-electron chi connectivity index (χ2n) is 4.98. The van der Waals surface area contributed by atoms with Crippen LogP contribution in [0.3, 0.4) is 0 Å². The van der Waals surface area contributed by atoms with E-state index >= 15 is 0 Å². The highest BCUT2D eigenvalue weighted by molar-refractivity contribution is 5.92. The molecule has 0 atom stereocenters. The number of aromatic nitrogens is 1. The number of benzene rings is 2. The maximum Gasteiger partial charge on any atom is 0.167 e. The standard InChI is InChI=1S/C17H17NO2/c1-10-8-9-13(16(19)17(10)20-3)15-11(2)12-6-4-5-7-14(12)18-15/h4-9,18-19H,1-3H3. The summed E-state index contributed by atoms with van der Waals surface area (Å²) in [6, 6.07) is 12.0. The van der Waals surface area contributed by atoms with Gasteiger partial charge in [0.05, 0.1) is 12.8 Å². The summed E-state index contributed by atoms with van der Waals surface area (Å²) in [6.07, 6.45) is 0. The Morgan fingerprint density at radius 3 is 2.50 bits per heavy atom. The van der Waals surface area contributed by atoms with Gasteiger partial charge in [-0.25, -0.2) is 0 Å². The van der Waals surface area contributed by atoms with E-state index in [2.05, 4.69) is 18.0 Å².